The molecule has 0 atom stereocenters. The summed E-state index contributed by atoms with van der Waals surface area (Å²) in [5.41, 5.74) is 0.779. The van der Waals surface area contributed by atoms with E-state index in [4.69, 9.17) is 34.8 Å². The normalized spacial score (nSPS) is 11.2. The number of nitrogens with one attached hydrogen (secondary N) is 1. The SMILES string of the molecule is O=C(O)c1cc(-c2ccccc2)sc1NC(=O)C(Cl)(Cl)Cl. The zero-order chi connectivity index (χ0) is 15.6. The van der Waals surface area contributed by atoms with Gasteiger partial charge >= 0.3 is 5.97 Å². The van der Waals surface area contributed by atoms with E-state index >= 15 is 0 Å². The smallest absolute Gasteiger partial charge is 0.338 e. The molecule has 0 saturated heterocycles. The van der Waals surface area contributed by atoms with Gasteiger partial charge in [-0.3, -0.25) is 4.79 Å². The van der Waals surface area contributed by atoms with E-state index in [9.17, 15) is 14.7 Å². The fraction of sp³-hybridized carbons (Fsp3) is 0.0769. The Morgan fingerprint density at radius 1 is 1.14 bits per heavy atom. The second-order valence-corrected chi connectivity index (χ2v) is 7.31. The summed E-state index contributed by atoms with van der Waals surface area (Å²) in [6.07, 6.45) is 0. The first-order valence-corrected chi connectivity index (χ1v) is 7.55. The van der Waals surface area contributed by atoms with Crippen LogP contribution in [0, 0.1) is 0 Å². The lowest BCUT2D eigenvalue weighted by atomic mass is 10.1. The van der Waals surface area contributed by atoms with Crippen molar-refractivity contribution in [3.63, 3.8) is 0 Å². The Balaban J connectivity index is 2.39. The molecule has 8 heteroatoms. The molecule has 0 aliphatic heterocycles. The van der Waals surface area contributed by atoms with Crippen LogP contribution in [0.25, 0.3) is 10.4 Å². The van der Waals surface area contributed by atoms with Crippen LogP contribution in [0.5, 0.6) is 0 Å². The van der Waals surface area contributed by atoms with E-state index in [1.165, 1.54) is 6.07 Å². The fourth-order valence-electron chi connectivity index (χ4n) is 1.56. The number of hydrogen-bond donors (Lipinski definition) is 2. The number of benzene rings is 1. The lowest BCUT2D eigenvalue weighted by molar-refractivity contribution is -0.115. The van der Waals surface area contributed by atoms with Crippen LogP contribution >= 0.6 is 46.1 Å². The third-order valence-corrected chi connectivity index (χ3v) is 4.12. The van der Waals surface area contributed by atoms with Crippen molar-refractivity contribution in [1.29, 1.82) is 0 Å². The number of thiophene rings is 1. The van der Waals surface area contributed by atoms with Gasteiger partial charge in [0.15, 0.2) is 0 Å². The molecule has 0 aliphatic carbocycles. The molecular weight excluding hydrogens is 357 g/mol. The van der Waals surface area contributed by atoms with E-state index in [2.05, 4.69) is 5.32 Å². The van der Waals surface area contributed by atoms with E-state index in [1.54, 1.807) is 0 Å². The molecule has 0 aliphatic rings. The minimum atomic E-state index is -2.16. The quantitative estimate of drug-likeness (QED) is 0.792. The molecule has 21 heavy (non-hydrogen) atoms. The van der Waals surface area contributed by atoms with Crippen molar-refractivity contribution in [3.05, 3.63) is 42.0 Å². The predicted molar refractivity (Wildman–Crippen MR) is 85.6 cm³/mol. The zero-order valence-corrected chi connectivity index (χ0v) is 13.4. The number of rotatable bonds is 3. The summed E-state index contributed by atoms with van der Waals surface area (Å²) in [4.78, 5) is 23.6. The molecule has 0 radical (unpaired) electrons. The predicted octanol–water partition coefficient (Wildman–Crippen LogP) is 4.42. The minimum absolute atomic E-state index is 0.0542. The number of hydrogen-bond acceptors (Lipinski definition) is 3. The second-order valence-electron chi connectivity index (χ2n) is 3.98. The first kappa shape index (κ1) is 16.1. The van der Waals surface area contributed by atoms with Crippen LogP contribution in [0.1, 0.15) is 10.4 Å². The van der Waals surface area contributed by atoms with Gasteiger partial charge in [-0.25, -0.2) is 4.79 Å². The molecule has 0 fully saturated rings. The van der Waals surface area contributed by atoms with Gasteiger partial charge in [0.25, 0.3) is 9.70 Å². The first-order valence-electron chi connectivity index (χ1n) is 5.60. The number of carbonyl (C=O) groups is 2. The van der Waals surface area contributed by atoms with E-state index < -0.39 is 15.7 Å². The van der Waals surface area contributed by atoms with Gasteiger partial charge in [-0.15, -0.1) is 11.3 Å². The molecular formula is C13H8Cl3NO3S. The molecule has 2 N–H and O–H groups in total. The summed E-state index contributed by atoms with van der Waals surface area (Å²) in [6.45, 7) is 0. The fourth-order valence-corrected chi connectivity index (χ4v) is 2.75. The van der Waals surface area contributed by atoms with E-state index in [0.29, 0.717) is 4.88 Å². The average Bonchev–Trinajstić information content (AvgIpc) is 2.83. The molecule has 1 aromatic heterocycles. The Morgan fingerprint density at radius 2 is 1.76 bits per heavy atom. The molecule has 0 unspecified atom stereocenters. The maximum absolute atomic E-state index is 11.7. The highest BCUT2D eigenvalue weighted by Crippen LogP contribution is 2.37. The van der Waals surface area contributed by atoms with Crippen LogP contribution in [-0.4, -0.2) is 20.8 Å². The third-order valence-electron chi connectivity index (χ3n) is 2.51. The molecule has 2 rings (SSSR count). The van der Waals surface area contributed by atoms with Crippen molar-refractivity contribution < 1.29 is 14.7 Å². The van der Waals surface area contributed by atoms with E-state index in [-0.39, 0.29) is 10.6 Å². The summed E-state index contributed by atoms with van der Waals surface area (Å²) in [5.74, 6) is -2.08. The first-order chi connectivity index (χ1) is 9.79. The summed E-state index contributed by atoms with van der Waals surface area (Å²) >= 11 is 17.5. The molecule has 110 valence electrons. The molecule has 0 spiro atoms. The van der Waals surface area contributed by atoms with Gasteiger partial charge in [-0.1, -0.05) is 65.1 Å². The maximum Gasteiger partial charge on any atom is 0.338 e. The summed E-state index contributed by atoms with van der Waals surface area (Å²) in [7, 11) is 0. The third kappa shape index (κ3) is 3.89. The largest absolute Gasteiger partial charge is 0.478 e. The number of anilines is 1. The Hall–Kier alpha value is -1.27. The molecule has 0 saturated carbocycles. The van der Waals surface area contributed by atoms with Gasteiger partial charge in [-0.05, 0) is 11.6 Å². The topological polar surface area (TPSA) is 66.4 Å². The number of alkyl halides is 3. The van der Waals surface area contributed by atoms with Gasteiger partial charge in [0.1, 0.15) is 5.00 Å². The molecule has 4 nitrogen and oxygen atoms in total. The monoisotopic (exact) mass is 363 g/mol. The summed E-state index contributed by atoms with van der Waals surface area (Å²) in [5, 5.41) is 11.6. The van der Waals surface area contributed by atoms with Crippen LogP contribution in [0.15, 0.2) is 36.4 Å². The van der Waals surface area contributed by atoms with Crippen LogP contribution in [0.4, 0.5) is 5.00 Å². The van der Waals surface area contributed by atoms with Gasteiger partial charge in [-0.2, -0.15) is 0 Å². The molecule has 0 bridgehead atoms. The number of carboxylic acids is 1. The van der Waals surface area contributed by atoms with Gasteiger partial charge in [0.2, 0.25) is 0 Å². The van der Waals surface area contributed by atoms with Crippen molar-refractivity contribution >= 4 is 63.0 Å². The maximum atomic E-state index is 11.7. The number of carbonyl (C=O) groups excluding carboxylic acids is 1. The lowest BCUT2D eigenvalue weighted by Crippen LogP contribution is -2.27. The van der Waals surface area contributed by atoms with E-state index in [0.717, 1.165) is 16.9 Å². The highest BCUT2D eigenvalue weighted by Gasteiger charge is 2.32. The molecule has 1 amide bonds. The molecule has 1 aromatic carbocycles. The number of carboxylic acid groups (broad SMARTS) is 1. The highest BCUT2D eigenvalue weighted by atomic mass is 35.6. The van der Waals surface area contributed by atoms with Gasteiger partial charge in [0, 0.05) is 4.88 Å². The standard InChI is InChI=1S/C13H8Cl3NO3S/c14-13(15,16)12(20)17-10-8(11(18)19)6-9(21-10)7-4-2-1-3-5-7/h1-6H,(H,17,20)(H,18,19). The number of halogens is 3. The van der Waals surface area contributed by atoms with Crippen molar-refractivity contribution in [3.8, 4) is 10.4 Å². The van der Waals surface area contributed by atoms with Crippen LogP contribution < -0.4 is 5.32 Å². The number of aromatic carboxylic acids is 1. The Bertz CT molecular complexity index is 680. The second kappa shape index (κ2) is 6.23. The van der Waals surface area contributed by atoms with Crippen LogP contribution in [-0.2, 0) is 4.79 Å². The summed E-state index contributed by atoms with van der Waals surface area (Å²) < 4.78 is -2.16. The molecule has 2 aromatic rings. The van der Waals surface area contributed by atoms with Crippen LogP contribution in [0.2, 0.25) is 0 Å². The van der Waals surface area contributed by atoms with Crippen molar-refractivity contribution in [2.45, 2.75) is 3.79 Å². The van der Waals surface area contributed by atoms with Gasteiger partial charge in [0.05, 0.1) is 5.56 Å². The van der Waals surface area contributed by atoms with Crippen molar-refractivity contribution in [2.75, 3.05) is 5.32 Å². The van der Waals surface area contributed by atoms with Crippen molar-refractivity contribution in [2.24, 2.45) is 0 Å². The Morgan fingerprint density at radius 3 is 2.29 bits per heavy atom. The lowest BCUT2D eigenvalue weighted by Gasteiger charge is -2.10. The Labute approximate surface area is 139 Å². The van der Waals surface area contributed by atoms with Gasteiger partial charge < -0.3 is 10.4 Å². The Kier molecular flexibility index (Phi) is 4.78. The summed E-state index contributed by atoms with van der Waals surface area (Å²) in [6, 6.07) is 10.6. The van der Waals surface area contributed by atoms with Crippen LogP contribution in [0.3, 0.4) is 0 Å². The average molecular weight is 365 g/mol. The van der Waals surface area contributed by atoms with Crippen molar-refractivity contribution in [1.82, 2.24) is 0 Å². The number of amides is 1. The molecule has 1 heterocycles. The van der Waals surface area contributed by atoms with E-state index in [1.807, 2.05) is 30.3 Å². The highest BCUT2D eigenvalue weighted by molar-refractivity contribution is 7.20. The minimum Gasteiger partial charge on any atom is -0.478 e. The zero-order valence-electron chi connectivity index (χ0n) is 10.3.